The van der Waals surface area contributed by atoms with Gasteiger partial charge in [-0.3, -0.25) is 0 Å². The number of halogens is 5. The predicted octanol–water partition coefficient (Wildman–Crippen LogP) is 2.83. The van der Waals surface area contributed by atoms with Gasteiger partial charge in [-0.25, -0.2) is 26.7 Å². The Morgan fingerprint density at radius 1 is 1.00 bits per heavy atom. The average Bonchev–Trinajstić information content (AvgIpc) is 2.34. The van der Waals surface area contributed by atoms with Crippen molar-refractivity contribution in [2.45, 2.75) is 0 Å². The third-order valence-corrected chi connectivity index (χ3v) is 2.27. The van der Waals surface area contributed by atoms with Gasteiger partial charge in [0.05, 0.1) is 12.7 Å². The summed E-state index contributed by atoms with van der Waals surface area (Å²) < 4.78 is 69.0. The van der Waals surface area contributed by atoms with Gasteiger partial charge in [-0.1, -0.05) is 0 Å². The van der Waals surface area contributed by atoms with E-state index in [1.807, 2.05) is 0 Å². The fourth-order valence-electron chi connectivity index (χ4n) is 1.07. The molecule has 0 N–H and O–H groups in total. The van der Waals surface area contributed by atoms with Crippen LogP contribution in [0.1, 0.15) is 5.56 Å². The average molecular weight is 284 g/mol. The van der Waals surface area contributed by atoms with E-state index < -0.39 is 45.5 Å². The van der Waals surface area contributed by atoms with Crippen molar-refractivity contribution in [3.8, 4) is 0 Å². The molecule has 0 saturated carbocycles. The van der Waals surface area contributed by atoms with E-state index in [0.29, 0.717) is 6.08 Å². The van der Waals surface area contributed by atoms with Crippen LogP contribution in [0.15, 0.2) is 6.08 Å². The van der Waals surface area contributed by atoms with Crippen LogP contribution in [0.3, 0.4) is 0 Å². The molecule has 0 fully saturated rings. The highest BCUT2D eigenvalue weighted by Gasteiger charge is 2.27. The topological polar surface area (TPSA) is 26.3 Å². The number of thiol groups is 1. The van der Waals surface area contributed by atoms with Crippen LogP contribution in [0, 0.1) is 29.1 Å². The quantitative estimate of drug-likeness (QED) is 0.226. The molecule has 0 aliphatic carbocycles. The number of benzene rings is 1. The van der Waals surface area contributed by atoms with Gasteiger partial charge in [0, 0.05) is 11.0 Å². The molecule has 0 bridgehead atoms. The zero-order chi connectivity index (χ0) is 14.0. The molecule has 0 saturated heterocycles. The molecule has 0 aliphatic rings. The van der Waals surface area contributed by atoms with Crippen LogP contribution in [-0.2, 0) is 9.53 Å². The zero-order valence-corrected chi connectivity index (χ0v) is 9.63. The van der Waals surface area contributed by atoms with E-state index in [2.05, 4.69) is 17.4 Å². The monoisotopic (exact) mass is 284 g/mol. The Bertz CT molecular complexity index is 513. The van der Waals surface area contributed by atoms with E-state index in [1.165, 1.54) is 0 Å². The van der Waals surface area contributed by atoms with Crippen molar-refractivity contribution < 1.29 is 31.5 Å². The van der Waals surface area contributed by atoms with Crippen LogP contribution in [-0.4, -0.2) is 13.1 Å². The second kappa shape index (κ2) is 5.38. The van der Waals surface area contributed by atoms with E-state index in [9.17, 15) is 26.7 Å². The minimum absolute atomic E-state index is 0.487. The van der Waals surface area contributed by atoms with Gasteiger partial charge in [0.1, 0.15) is 0 Å². The second-order valence-corrected chi connectivity index (χ2v) is 3.48. The van der Waals surface area contributed by atoms with Crippen molar-refractivity contribution in [2.75, 3.05) is 7.11 Å². The van der Waals surface area contributed by atoms with Gasteiger partial charge < -0.3 is 4.74 Å². The second-order valence-electron chi connectivity index (χ2n) is 3.00. The molecule has 1 aromatic carbocycles. The summed E-state index contributed by atoms with van der Waals surface area (Å²) in [6.45, 7) is 0. The summed E-state index contributed by atoms with van der Waals surface area (Å²) in [5, 5.41) is 0. The standard InChI is InChI=1S/C10H5F5O2S/c1-17-4(16)2-3(18)5-6(11)8(13)10(15)9(14)7(5)12/h2,18H,1H3/b3-2+. The maximum atomic E-state index is 13.2. The molecule has 1 rings (SSSR count). The molecule has 0 amide bonds. The molecule has 1 aromatic rings. The Morgan fingerprint density at radius 2 is 1.39 bits per heavy atom. The molecule has 0 atom stereocenters. The molecule has 0 aliphatic heterocycles. The summed E-state index contributed by atoms with van der Waals surface area (Å²) >= 11 is 3.51. The predicted molar refractivity (Wildman–Crippen MR) is 55.2 cm³/mol. The third kappa shape index (κ3) is 2.47. The first-order valence-corrected chi connectivity index (χ1v) is 4.76. The molecular weight excluding hydrogens is 279 g/mol. The molecule has 98 valence electrons. The van der Waals surface area contributed by atoms with E-state index >= 15 is 0 Å². The van der Waals surface area contributed by atoms with Gasteiger partial charge in [0.25, 0.3) is 0 Å². The summed E-state index contributed by atoms with van der Waals surface area (Å²) in [7, 11) is 0.971. The maximum Gasteiger partial charge on any atom is 0.331 e. The van der Waals surface area contributed by atoms with Crippen LogP contribution in [0.4, 0.5) is 22.0 Å². The fraction of sp³-hybridized carbons (Fsp3) is 0.100. The van der Waals surface area contributed by atoms with Crippen molar-refractivity contribution in [3.05, 3.63) is 40.7 Å². The fourth-order valence-corrected chi connectivity index (χ4v) is 1.37. The van der Waals surface area contributed by atoms with Gasteiger partial charge in [0.15, 0.2) is 23.3 Å². The van der Waals surface area contributed by atoms with Crippen LogP contribution < -0.4 is 0 Å². The Balaban J connectivity index is 3.51. The highest BCUT2D eigenvalue weighted by Crippen LogP contribution is 2.30. The normalized spacial score (nSPS) is 11.6. The van der Waals surface area contributed by atoms with Crippen molar-refractivity contribution in [3.63, 3.8) is 0 Å². The summed E-state index contributed by atoms with van der Waals surface area (Å²) in [6.07, 6.45) is 0.487. The summed E-state index contributed by atoms with van der Waals surface area (Å²) in [6, 6.07) is 0. The SMILES string of the molecule is COC(=O)/C=C(/S)c1c(F)c(F)c(F)c(F)c1F. The van der Waals surface area contributed by atoms with Crippen molar-refractivity contribution >= 4 is 23.5 Å². The first-order valence-electron chi connectivity index (χ1n) is 4.31. The number of rotatable bonds is 2. The zero-order valence-electron chi connectivity index (χ0n) is 8.73. The van der Waals surface area contributed by atoms with E-state index in [0.717, 1.165) is 7.11 Å². The number of esters is 1. The molecule has 2 nitrogen and oxygen atoms in total. The minimum atomic E-state index is -2.28. The minimum Gasteiger partial charge on any atom is -0.466 e. The molecule has 18 heavy (non-hydrogen) atoms. The Labute approximate surface area is 103 Å². The number of methoxy groups -OCH3 is 1. The van der Waals surface area contributed by atoms with Crippen LogP contribution in [0.2, 0.25) is 0 Å². The Kier molecular flexibility index (Phi) is 4.33. The number of carbonyl (C=O) groups is 1. The van der Waals surface area contributed by atoms with Gasteiger partial charge in [0.2, 0.25) is 5.82 Å². The smallest absolute Gasteiger partial charge is 0.331 e. The lowest BCUT2D eigenvalue weighted by Gasteiger charge is -2.07. The lowest BCUT2D eigenvalue weighted by Crippen LogP contribution is -2.06. The lowest BCUT2D eigenvalue weighted by atomic mass is 10.1. The largest absolute Gasteiger partial charge is 0.466 e. The number of ether oxygens (including phenoxy) is 1. The molecule has 0 heterocycles. The van der Waals surface area contributed by atoms with E-state index in [-0.39, 0.29) is 0 Å². The van der Waals surface area contributed by atoms with Gasteiger partial charge >= 0.3 is 5.97 Å². The first kappa shape index (κ1) is 14.5. The Morgan fingerprint density at radius 3 is 1.78 bits per heavy atom. The van der Waals surface area contributed by atoms with Crippen LogP contribution >= 0.6 is 12.6 Å². The van der Waals surface area contributed by atoms with E-state index in [1.54, 1.807) is 0 Å². The number of hydrogen-bond donors (Lipinski definition) is 1. The molecule has 8 heteroatoms. The van der Waals surface area contributed by atoms with Crippen molar-refractivity contribution in [1.82, 2.24) is 0 Å². The van der Waals surface area contributed by atoms with Crippen molar-refractivity contribution in [2.24, 2.45) is 0 Å². The molecule has 0 spiro atoms. The lowest BCUT2D eigenvalue weighted by molar-refractivity contribution is -0.134. The van der Waals surface area contributed by atoms with E-state index in [4.69, 9.17) is 0 Å². The summed E-state index contributed by atoms with van der Waals surface area (Å²) in [5.74, 6) is -11.7. The maximum absolute atomic E-state index is 13.2. The van der Waals surface area contributed by atoms with Crippen LogP contribution in [0.25, 0.3) is 4.91 Å². The summed E-state index contributed by atoms with van der Waals surface area (Å²) in [5.41, 5.74) is -1.29. The molecule has 0 unspecified atom stereocenters. The van der Waals surface area contributed by atoms with Gasteiger partial charge in [-0.15, -0.1) is 12.6 Å². The molecule has 0 aromatic heterocycles. The van der Waals surface area contributed by atoms with Gasteiger partial charge in [-0.2, -0.15) is 0 Å². The third-order valence-electron chi connectivity index (χ3n) is 1.92. The highest BCUT2D eigenvalue weighted by atomic mass is 32.1. The van der Waals surface area contributed by atoms with Crippen LogP contribution in [0.5, 0.6) is 0 Å². The highest BCUT2D eigenvalue weighted by molar-refractivity contribution is 7.90. The summed E-state index contributed by atoms with van der Waals surface area (Å²) in [4.78, 5) is 10.1. The number of carbonyl (C=O) groups excluding carboxylic acids is 1. The first-order chi connectivity index (χ1) is 8.31. The number of hydrogen-bond acceptors (Lipinski definition) is 3. The molecular formula is C10H5F5O2S. The molecule has 0 radical (unpaired) electrons. The Hall–Kier alpha value is -1.57. The van der Waals surface area contributed by atoms with Crippen molar-refractivity contribution in [1.29, 1.82) is 0 Å². The van der Waals surface area contributed by atoms with Gasteiger partial charge in [-0.05, 0) is 0 Å².